The van der Waals surface area contributed by atoms with Gasteiger partial charge in [0.15, 0.2) is 5.82 Å². The van der Waals surface area contributed by atoms with Crippen molar-refractivity contribution in [2.45, 2.75) is 32.7 Å². The van der Waals surface area contributed by atoms with E-state index in [-0.39, 0.29) is 0 Å². The lowest BCUT2D eigenvalue weighted by atomic mass is 10.1. The van der Waals surface area contributed by atoms with Crippen LogP contribution in [0.2, 0.25) is 0 Å². The number of rotatable bonds is 5. The van der Waals surface area contributed by atoms with E-state index in [0.717, 1.165) is 12.2 Å². The standard InChI is InChI=1S/C13H15N5/c1-11-4-6-12(7-5-11)10-13-15-17-18(16-13)9-3-2-8-14/h4-7H,2-3,9-10H2,1H3. The normalized spacial score (nSPS) is 10.2. The Morgan fingerprint density at radius 1 is 1.28 bits per heavy atom. The van der Waals surface area contributed by atoms with Crippen LogP contribution in [0.1, 0.15) is 29.8 Å². The first-order chi connectivity index (χ1) is 8.78. The number of hydrogen-bond donors (Lipinski definition) is 0. The van der Waals surface area contributed by atoms with Gasteiger partial charge in [-0.25, -0.2) is 0 Å². The molecule has 0 bridgehead atoms. The van der Waals surface area contributed by atoms with Crippen LogP contribution in [-0.2, 0) is 13.0 Å². The topological polar surface area (TPSA) is 67.4 Å². The maximum Gasteiger partial charge on any atom is 0.179 e. The summed E-state index contributed by atoms with van der Waals surface area (Å²) in [6.45, 7) is 2.71. The van der Waals surface area contributed by atoms with E-state index in [9.17, 15) is 0 Å². The second kappa shape index (κ2) is 5.92. The van der Waals surface area contributed by atoms with Crippen LogP contribution < -0.4 is 0 Å². The fourth-order valence-corrected chi connectivity index (χ4v) is 1.63. The predicted octanol–water partition coefficient (Wildman–Crippen LogP) is 1.88. The number of hydrogen-bond acceptors (Lipinski definition) is 4. The first-order valence-corrected chi connectivity index (χ1v) is 5.97. The molecule has 5 nitrogen and oxygen atoms in total. The molecule has 0 aliphatic heterocycles. The number of unbranched alkanes of at least 4 members (excludes halogenated alkanes) is 1. The van der Waals surface area contributed by atoms with Gasteiger partial charge in [-0.15, -0.1) is 10.2 Å². The molecular weight excluding hydrogens is 226 g/mol. The Morgan fingerprint density at radius 2 is 2.06 bits per heavy atom. The summed E-state index contributed by atoms with van der Waals surface area (Å²) >= 11 is 0. The lowest BCUT2D eigenvalue weighted by molar-refractivity contribution is 0.503. The lowest BCUT2D eigenvalue weighted by Crippen LogP contribution is -2.02. The molecule has 2 aromatic rings. The summed E-state index contributed by atoms with van der Waals surface area (Å²) in [7, 11) is 0. The maximum absolute atomic E-state index is 8.45. The van der Waals surface area contributed by atoms with Gasteiger partial charge in [0.1, 0.15) is 0 Å². The molecular formula is C13H15N5. The van der Waals surface area contributed by atoms with Crippen LogP contribution in [0.4, 0.5) is 0 Å². The van der Waals surface area contributed by atoms with Gasteiger partial charge in [-0.05, 0) is 24.1 Å². The molecule has 0 aliphatic rings. The molecule has 0 saturated carbocycles. The predicted molar refractivity (Wildman–Crippen MR) is 66.6 cm³/mol. The highest BCUT2D eigenvalue weighted by Crippen LogP contribution is 2.06. The third-order valence-corrected chi connectivity index (χ3v) is 2.62. The first kappa shape index (κ1) is 12.2. The highest BCUT2D eigenvalue weighted by Gasteiger charge is 2.03. The minimum Gasteiger partial charge on any atom is -0.198 e. The number of benzene rings is 1. The third-order valence-electron chi connectivity index (χ3n) is 2.62. The second-order valence-electron chi connectivity index (χ2n) is 4.23. The monoisotopic (exact) mass is 241 g/mol. The van der Waals surface area contributed by atoms with Gasteiger partial charge in [0.25, 0.3) is 0 Å². The van der Waals surface area contributed by atoms with E-state index >= 15 is 0 Å². The summed E-state index contributed by atoms with van der Waals surface area (Å²) in [5.41, 5.74) is 2.42. The lowest BCUT2D eigenvalue weighted by Gasteiger charge is -1.97. The average Bonchev–Trinajstić information content (AvgIpc) is 2.80. The molecule has 1 heterocycles. The van der Waals surface area contributed by atoms with Gasteiger partial charge in [0, 0.05) is 12.8 Å². The number of nitrogens with zero attached hydrogens (tertiary/aromatic N) is 5. The van der Waals surface area contributed by atoms with Crippen molar-refractivity contribution in [3.63, 3.8) is 0 Å². The van der Waals surface area contributed by atoms with Crippen molar-refractivity contribution >= 4 is 0 Å². The Morgan fingerprint density at radius 3 is 2.78 bits per heavy atom. The summed E-state index contributed by atoms with van der Waals surface area (Å²) in [4.78, 5) is 1.56. The molecule has 0 amide bonds. The molecule has 2 rings (SSSR count). The zero-order valence-electron chi connectivity index (χ0n) is 10.4. The van der Waals surface area contributed by atoms with E-state index < -0.39 is 0 Å². The minimum absolute atomic E-state index is 0.523. The molecule has 0 unspecified atom stereocenters. The van der Waals surface area contributed by atoms with Gasteiger partial charge >= 0.3 is 0 Å². The summed E-state index contributed by atoms with van der Waals surface area (Å²) in [6.07, 6.45) is 1.98. The Kier molecular flexibility index (Phi) is 4.02. The van der Waals surface area contributed by atoms with Crippen molar-refractivity contribution in [2.24, 2.45) is 0 Å². The molecule has 1 aromatic carbocycles. The Balaban J connectivity index is 1.94. The van der Waals surface area contributed by atoms with E-state index in [4.69, 9.17) is 5.26 Å². The molecule has 0 saturated heterocycles. The van der Waals surface area contributed by atoms with Gasteiger partial charge in [0.05, 0.1) is 12.6 Å². The zero-order valence-corrected chi connectivity index (χ0v) is 10.4. The van der Waals surface area contributed by atoms with Crippen LogP contribution in [0.15, 0.2) is 24.3 Å². The first-order valence-electron chi connectivity index (χ1n) is 5.97. The molecule has 0 radical (unpaired) electrons. The molecule has 0 N–H and O–H groups in total. The van der Waals surface area contributed by atoms with Gasteiger partial charge in [0.2, 0.25) is 0 Å². The van der Waals surface area contributed by atoms with Crippen molar-refractivity contribution in [2.75, 3.05) is 0 Å². The van der Waals surface area contributed by atoms with E-state index in [2.05, 4.69) is 52.7 Å². The highest BCUT2D eigenvalue weighted by molar-refractivity contribution is 5.23. The second-order valence-corrected chi connectivity index (χ2v) is 4.23. The number of aromatic nitrogens is 4. The quantitative estimate of drug-likeness (QED) is 0.749. The van der Waals surface area contributed by atoms with Crippen molar-refractivity contribution in [1.29, 1.82) is 5.26 Å². The van der Waals surface area contributed by atoms with Crippen molar-refractivity contribution in [3.8, 4) is 6.07 Å². The fourth-order valence-electron chi connectivity index (χ4n) is 1.63. The molecule has 0 spiro atoms. The van der Waals surface area contributed by atoms with Gasteiger partial charge in [-0.2, -0.15) is 10.1 Å². The van der Waals surface area contributed by atoms with Crippen LogP contribution in [0.5, 0.6) is 0 Å². The molecule has 5 heteroatoms. The highest BCUT2D eigenvalue weighted by atomic mass is 15.6. The summed E-state index contributed by atoms with van der Waals surface area (Å²) < 4.78 is 0. The smallest absolute Gasteiger partial charge is 0.179 e. The van der Waals surface area contributed by atoms with Crippen LogP contribution >= 0.6 is 0 Å². The molecule has 0 aliphatic carbocycles. The molecule has 18 heavy (non-hydrogen) atoms. The third kappa shape index (κ3) is 3.39. The van der Waals surface area contributed by atoms with Crippen LogP contribution in [0.25, 0.3) is 0 Å². The Hall–Kier alpha value is -2.22. The number of nitriles is 1. The van der Waals surface area contributed by atoms with Crippen LogP contribution in [0, 0.1) is 18.3 Å². The molecule has 1 aromatic heterocycles. The van der Waals surface area contributed by atoms with E-state index in [1.54, 1.807) is 4.80 Å². The van der Waals surface area contributed by atoms with Crippen LogP contribution in [0.3, 0.4) is 0 Å². The molecule has 0 atom stereocenters. The van der Waals surface area contributed by atoms with E-state index in [0.29, 0.717) is 19.4 Å². The van der Waals surface area contributed by atoms with E-state index in [1.807, 2.05) is 0 Å². The van der Waals surface area contributed by atoms with Crippen molar-refractivity contribution < 1.29 is 0 Å². The van der Waals surface area contributed by atoms with Crippen molar-refractivity contribution in [1.82, 2.24) is 20.2 Å². The Bertz CT molecular complexity index is 535. The van der Waals surface area contributed by atoms with Gasteiger partial charge in [-0.1, -0.05) is 29.8 Å². The average molecular weight is 241 g/mol. The Labute approximate surface area is 106 Å². The largest absolute Gasteiger partial charge is 0.198 e. The number of tetrazole rings is 1. The maximum atomic E-state index is 8.45. The minimum atomic E-state index is 0.523. The van der Waals surface area contributed by atoms with Crippen LogP contribution in [-0.4, -0.2) is 20.2 Å². The number of aryl methyl sites for hydroxylation is 2. The summed E-state index contributed by atoms with van der Waals surface area (Å²) in [6, 6.07) is 10.4. The summed E-state index contributed by atoms with van der Waals surface area (Å²) in [5.74, 6) is 0.718. The molecule has 92 valence electrons. The summed E-state index contributed by atoms with van der Waals surface area (Å²) in [5, 5.41) is 20.7. The van der Waals surface area contributed by atoms with Crippen molar-refractivity contribution in [3.05, 3.63) is 41.2 Å². The SMILES string of the molecule is Cc1ccc(Cc2nnn(CCCC#N)n2)cc1. The molecule has 0 fully saturated rings. The fraction of sp³-hybridized carbons (Fsp3) is 0.385. The van der Waals surface area contributed by atoms with Gasteiger partial charge < -0.3 is 0 Å². The van der Waals surface area contributed by atoms with Gasteiger partial charge in [-0.3, -0.25) is 0 Å². The van der Waals surface area contributed by atoms with E-state index in [1.165, 1.54) is 11.1 Å². The zero-order chi connectivity index (χ0) is 12.8.